The summed E-state index contributed by atoms with van der Waals surface area (Å²) in [6.45, 7) is 4.03. The fourth-order valence-corrected chi connectivity index (χ4v) is 3.05. The molecule has 1 heterocycles. The average Bonchev–Trinajstić information content (AvgIpc) is 2.91. The van der Waals surface area contributed by atoms with Crippen molar-refractivity contribution in [1.29, 1.82) is 0 Å². The van der Waals surface area contributed by atoms with Gasteiger partial charge in [0, 0.05) is 17.6 Å². The summed E-state index contributed by atoms with van der Waals surface area (Å²) in [4.78, 5) is 4.71. The van der Waals surface area contributed by atoms with Gasteiger partial charge in [0.05, 0.1) is 5.52 Å². The zero-order chi connectivity index (χ0) is 13.9. The molecule has 0 aliphatic heterocycles. The monoisotopic (exact) mass is 272 g/mol. The molecule has 1 aliphatic rings. The zero-order valence-electron chi connectivity index (χ0n) is 12.0. The first-order valence-corrected chi connectivity index (χ1v) is 7.60. The molecule has 3 heteroatoms. The number of aromatic nitrogens is 1. The summed E-state index contributed by atoms with van der Waals surface area (Å²) in [5.74, 6) is -0.174. The summed E-state index contributed by atoms with van der Waals surface area (Å²) in [7, 11) is 0. The number of benzene rings is 1. The van der Waals surface area contributed by atoms with Crippen molar-refractivity contribution in [2.75, 3.05) is 6.54 Å². The third-order valence-electron chi connectivity index (χ3n) is 4.10. The average molecular weight is 272 g/mol. The highest BCUT2D eigenvalue weighted by Gasteiger charge is 2.19. The Labute approximate surface area is 119 Å². The van der Waals surface area contributed by atoms with E-state index in [1.54, 1.807) is 12.1 Å². The van der Waals surface area contributed by atoms with Crippen molar-refractivity contribution in [2.45, 2.75) is 45.6 Å². The van der Waals surface area contributed by atoms with Crippen molar-refractivity contribution in [3.63, 3.8) is 0 Å². The van der Waals surface area contributed by atoms with Gasteiger partial charge in [-0.25, -0.2) is 4.39 Å². The molecular formula is C17H21FN2. The smallest absolute Gasteiger partial charge is 0.123 e. The lowest BCUT2D eigenvalue weighted by Gasteiger charge is -2.13. The fraction of sp³-hybridized carbons (Fsp3) is 0.471. The van der Waals surface area contributed by atoms with Gasteiger partial charge in [0.25, 0.3) is 0 Å². The molecule has 0 amide bonds. The number of pyridine rings is 1. The second kappa shape index (κ2) is 5.88. The van der Waals surface area contributed by atoms with Crippen LogP contribution in [0.1, 0.15) is 43.0 Å². The lowest BCUT2D eigenvalue weighted by Crippen LogP contribution is -2.16. The van der Waals surface area contributed by atoms with Gasteiger partial charge < -0.3 is 5.32 Å². The topological polar surface area (TPSA) is 24.9 Å². The van der Waals surface area contributed by atoms with E-state index in [1.807, 2.05) is 0 Å². The molecule has 0 atom stereocenters. The van der Waals surface area contributed by atoms with E-state index in [0.29, 0.717) is 0 Å². The molecule has 106 valence electrons. The van der Waals surface area contributed by atoms with Crippen LogP contribution in [0, 0.1) is 5.82 Å². The predicted molar refractivity (Wildman–Crippen MR) is 80.3 cm³/mol. The highest BCUT2D eigenvalue weighted by Crippen LogP contribution is 2.30. The molecule has 0 radical (unpaired) electrons. The number of nitrogens with zero attached hydrogens (tertiary/aromatic N) is 1. The van der Waals surface area contributed by atoms with Crippen molar-refractivity contribution in [3.05, 3.63) is 40.8 Å². The maximum absolute atomic E-state index is 13.6. The molecule has 0 spiro atoms. The Morgan fingerprint density at radius 2 is 2.20 bits per heavy atom. The molecule has 0 unspecified atom stereocenters. The van der Waals surface area contributed by atoms with E-state index in [1.165, 1.54) is 42.1 Å². The minimum Gasteiger partial charge on any atom is -0.313 e. The van der Waals surface area contributed by atoms with E-state index in [9.17, 15) is 4.39 Å². The SMILES string of the molecule is CCCCNCc1c2c(nc3ccc(F)cc13)CCC2. The molecule has 0 saturated carbocycles. The van der Waals surface area contributed by atoms with Gasteiger partial charge in [0.2, 0.25) is 0 Å². The highest BCUT2D eigenvalue weighted by atomic mass is 19.1. The molecular weight excluding hydrogens is 251 g/mol. The quantitative estimate of drug-likeness (QED) is 0.838. The third-order valence-corrected chi connectivity index (χ3v) is 4.10. The van der Waals surface area contributed by atoms with Gasteiger partial charge >= 0.3 is 0 Å². The van der Waals surface area contributed by atoms with Gasteiger partial charge in [-0.2, -0.15) is 0 Å². The molecule has 1 aliphatic carbocycles. The van der Waals surface area contributed by atoms with Crippen LogP contribution in [0.25, 0.3) is 10.9 Å². The number of hydrogen-bond acceptors (Lipinski definition) is 2. The van der Waals surface area contributed by atoms with E-state index in [-0.39, 0.29) is 5.82 Å². The van der Waals surface area contributed by atoms with Gasteiger partial charge in [-0.15, -0.1) is 0 Å². The molecule has 2 nitrogen and oxygen atoms in total. The molecule has 2 aromatic rings. The van der Waals surface area contributed by atoms with Gasteiger partial charge in [0.15, 0.2) is 0 Å². The molecule has 3 rings (SSSR count). The maximum atomic E-state index is 13.6. The van der Waals surface area contributed by atoms with Crippen LogP contribution < -0.4 is 5.32 Å². The number of fused-ring (bicyclic) bond motifs is 2. The molecule has 0 saturated heterocycles. The van der Waals surface area contributed by atoms with Gasteiger partial charge in [-0.05, 0) is 61.6 Å². The van der Waals surface area contributed by atoms with Crippen molar-refractivity contribution in [2.24, 2.45) is 0 Å². The highest BCUT2D eigenvalue weighted by molar-refractivity contribution is 5.84. The van der Waals surface area contributed by atoms with Gasteiger partial charge in [-0.1, -0.05) is 13.3 Å². The molecule has 1 N–H and O–H groups in total. The molecule has 1 aromatic carbocycles. The first kappa shape index (κ1) is 13.5. The minimum absolute atomic E-state index is 0.174. The second-order valence-corrected chi connectivity index (χ2v) is 5.56. The van der Waals surface area contributed by atoms with E-state index < -0.39 is 0 Å². The first-order chi connectivity index (χ1) is 9.79. The van der Waals surface area contributed by atoms with E-state index in [4.69, 9.17) is 4.98 Å². The largest absolute Gasteiger partial charge is 0.313 e. The van der Waals surface area contributed by atoms with Gasteiger partial charge in [-0.3, -0.25) is 4.98 Å². The number of nitrogens with one attached hydrogen (secondary N) is 1. The standard InChI is InChI=1S/C17H21FN2/c1-2-3-9-19-11-15-13-5-4-6-16(13)20-17-8-7-12(18)10-14(15)17/h7-8,10,19H,2-6,9,11H2,1H3. The van der Waals surface area contributed by atoms with Crippen LogP contribution in [0.2, 0.25) is 0 Å². The minimum atomic E-state index is -0.174. The second-order valence-electron chi connectivity index (χ2n) is 5.56. The van der Waals surface area contributed by atoms with Crippen molar-refractivity contribution in [1.82, 2.24) is 10.3 Å². The summed E-state index contributed by atoms with van der Waals surface area (Å²) < 4.78 is 13.6. The fourth-order valence-electron chi connectivity index (χ4n) is 3.05. The van der Waals surface area contributed by atoms with E-state index >= 15 is 0 Å². The maximum Gasteiger partial charge on any atom is 0.123 e. The number of aryl methyl sites for hydroxylation is 1. The van der Waals surface area contributed by atoms with Gasteiger partial charge in [0.1, 0.15) is 5.82 Å². The van der Waals surface area contributed by atoms with Crippen molar-refractivity contribution >= 4 is 10.9 Å². The first-order valence-electron chi connectivity index (χ1n) is 7.60. The summed E-state index contributed by atoms with van der Waals surface area (Å²) >= 11 is 0. The van der Waals surface area contributed by atoms with Crippen molar-refractivity contribution < 1.29 is 4.39 Å². The Balaban J connectivity index is 2.00. The molecule has 0 fully saturated rings. The Hall–Kier alpha value is -1.48. The predicted octanol–water partition coefficient (Wildman–Crippen LogP) is 3.75. The number of hydrogen-bond donors (Lipinski definition) is 1. The van der Waals surface area contributed by atoms with Crippen LogP contribution in [0.15, 0.2) is 18.2 Å². The van der Waals surface area contributed by atoms with Crippen LogP contribution >= 0.6 is 0 Å². The molecule has 1 aromatic heterocycles. The lowest BCUT2D eigenvalue weighted by molar-refractivity contribution is 0.627. The summed E-state index contributed by atoms with van der Waals surface area (Å²) in [6.07, 6.45) is 5.68. The number of unbranched alkanes of at least 4 members (excludes halogenated alkanes) is 1. The molecule has 20 heavy (non-hydrogen) atoms. The number of rotatable bonds is 5. The van der Waals surface area contributed by atoms with Crippen LogP contribution in [-0.2, 0) is 19.4 Å². The summed E-state index contributed by atoms with van der Waals surface area (Å²) in [6, 6.07) is 4.95. The Kier molecular flexibility index (Phi) is 3.97. The zero-order valence-corrected chi connectivity index (χ0v) is 12.0. The van der Waals surface area contributed by atoms with Crippen LogP contribution in [0.4, 0.5) is 4.39 Å². The summed E-state index contributed by atoms with van der Waals surface area (Å²) in [5, 5.41) is 4.47. The lowest BCUT2D eigenvalue weighted by atomic mass is 10.0. The Morgan fingerprint density at radius 1 is 1.30 bits per heavy atom. The normalized spacial score (nSPS) is 13.9. The summed E-state index contributed by atoms with van der Waals surface area (Å²) in [5.41, 5.74) is 4.76. The Bertz CT molecular complexity index is 622. The van der Waals surface area contributed by atoms with Crippen LogP contribution in [-0.4, -0.2) is 11.5 Å². The number of halogens is 1. The Morgan fingerprint density at radius 3 is 3.05 bits per heavy atom. The van der Waals surface area contributed by atoms with E-state index in [2.05, 4.69) is 12.2 Å². The molecule has 0 bridgehead atoms. The van der Waals surface area contributed by atoms with Crippen molar-refractivity contribution in [3.8, 4) is 0 Å². The third kappa shape index (κ3) is 2.55. The van der Waals surface area contributed by atoms with Crippen LogP contribution in [0.5, 0.6) is 0 Å². The van der Waals surface area contributed by atoms with E-state index in [0.717, 1.165) is 36.8 Å². The van der Waals surface area contributed by atoms with Crippen LogP contribution in [0.3, 0.4) is 0 Å².